The van der Waals surface area contributed by atoms with Gasteiger partial charge < -0.3 is 10.2 Å². The molecule has 0 radical (unpaired) electrons. The van der Waals surface area contributed by atoms with Crippen LogP contribution in [0.15, 0.2) is 34.8 Å². The average molecular weight is 490 g/mol. The van der Waals surface area contributed by atoms with Crippen LogP contribution in [0.25, 0.3) is 6.08 Å². The molecule has 1 aromatic heterocycles. The molecule has 0 saturated carbocycles. The van der Waals surface area contributed by atoms with E-state index < -0.39 is 18.0 Å². The maximum atomic E-state index is 12.6. The first kappa shape index (κ1) is 30.0. The molecule has 0 bridgehead atoms. The zero-order valence-corrected chi connectivity index (χ0v) is 22.7. The number of aliphatic carboxylic acids is 1. The summed E-state index contributed by atoms with van der Waals surface area (Å²) in [6.45, 7) is 14.0. The molecule has 2 N–H and O–H groups in total. The predicted octanol–water partition coefficient (Wildman–Crippen LogP) is 6.87. The normalized spacial score (nSPS) is 17.4. The highest BCUT2D eigenvalue weighted by Crippen LogP contribution is 2.23. The van der Waals surface area contributed by atoms with Crippen LogP contribution in [0.4, 0.5) is 0 Å². The topological polar surface area (TPSA) is 87.5 Å². The van der Waals surface area contributed by atoms with Gasteiger partial charge in [-0.25, -0.2) is 4.98 Å². The number of carboxylic acids is 1. The minimum Gasteiger partial charge on any atom is -0.481 e. The average Bonchev–Trinajstić information content (AvgIpc) is 3.19. The van der Waals surface area contributed by atoms with Crippen molar-refractivity contribution in [3.63, 3.8) is 0 Å². The van der Waals surface area contributed by atoms with Gasteiger partial charge in [-0.05, 0) is 57.4 Å². The van der Waals surface area contributed by atoms with Gasteiger partial charge in [0.25, 0.3) is 0 Å². The Bertz CT molecular complexity index is 883. The van der Waals surface area contributed by atoms with E-state index >= 15 is 0 Å². The van der Waals surface area contributed by atoms with Gasteiger partial charge in [-0.2, -0.15) is 0 Å². The van der Waals surface area contributed by atoms with Crippen LogP contribution < -0.4 is 0 Å². The van der Waals surface area contributed by atoms with E-state index in [1.807, 2.05) is 20.8 Å². The van der Waals surface area contributed by atoms with Gasteiger partial charge in [-0.1, -0.05) is 63.5 Å². The molecule has 6 heteroatoms. The van der Waals surface area contributed by atoms with Crippen molar-refractivity contribution in [1.82, 2.24) is 4.98 Å². The summed E-state index contributed by atoms with van der Waals surface area (Å²) >= 11 is 1.66. The summed E-state index contributed by atoms with van der Waals surface area (Å²) in [5.74, 6) is -1.25. The Kier molecular flexibility index (Phi) is 13.3. The van der Waals surface area contributed by atoms with Gasteiger partial charge in [-0.3, -0.25) is 9.59 Å². The highest BCUT2D eigenvalue weighted by Gasteiger charge is 2.28. The minimum atomic E-state index is -0.884. The van der Waals surface area contributed by atoms with E-state index in [1.165, 1.54) is 11.1 Å². The zero-order valence-electron chi connectivity index (χ0n) is 21.9. The highest BCUT2D eigenvalue weighted by molar-refractivity contribution is 7.09. The molecule has 0 spiro atoms. The number of nitrogens with zero attached hydrogens (tertiary/aromatic N) is 1. The number of aliphatic hydroxyl groups excluding tert-OH is 1. The maximum absolute atomic E-state index is 12.6. The number of allylic oxidation sites excluding steroid dienone is 5. The van der Waals surface area contributed by atoms with E-state index in [0.29, 0.717) is 18.8 Å². The lowest BCUT2D eigenvalue weighted by atomic mass is 9.84. The Labute approximate surface area is 209 Å². The molecule has 5 nitrogen and oxygen atoms in total. The fourth-order valence-electron chi connectivity index (χ4n) is 3.81. The minimum absolute atomic E-state index is 0.00652. The largest absolute Gasteiger partial charge is 0.481 e. The lowest BCUT2D eigenvalue weighted by Crippen LogP contribution is -2.32. The third-order valence-electron chi connectivity index (χ3n) is 6.61. The fraction of sp³-hybridized carbons (Fsp3) is 0.607. The number of aromatic nitrogens is 1. The third-order valence-corrected chi connectivity index (χ3v) is 7.40. The number of carbonyl (C=O) groups excluding carboxylic acids is 1. The summed E-state index contributed by atoms with van der Waals surface area (Å²) in [7, 11) is 0. The number of aryl methyl sites for hydroxylation is 1. The number of thiazole rings is 1. The summed E-state index contributed by atoms with van der Waals surface area (Å²) in [6.07, 6.45) is 10.2. The maximum Gasteiger partial charge on any atom is 0.303 e. The van der Waals surface area contributed by atoms with E-state index in [1.54, 1.807) is 18.3 Å². The van der Waals surface area contributed by atoms with Gasteiger partial charge in [-0.15, -0.1) is 11.3 Å². The molecule has 0 aliphatic heterocycles. The summed E-state index contributed by atoms with van der Waals surface area (Å²) in [4.78, 5) is 28.0. The molecule has 0 saturated heterocycles. The smallest absolute Gasteiger partial charge is 0.303 e. The van der Waals surface area contributed by atoms with Crippen LogP contribution in [0.5, 0.6) is 0 Å². The monoisotopic (exact) mass is 489 g/mol. The second kappa shape index (κ2) is 15.0. The molecular formula is C28H43NO4S. The Balaban J connectivity index is 2.54. The zero-order chi connectivity index (χ0) is 25.8. The van der Waals surface area contributed by atoms with Gasteiger partial charge in [0.1, 0.15) is 5.78 Å². The van der Waals surface area contributed by atoms with Crippen LogP contribution in [-0.4, -0.2) is 33.1 Å². The number of hydrogen-bond donors (Lipinski definition) is 2. The molecule has 0 aliphatic rings. The molecule has 0 fully saturated rings. The Morgan fingerprint density at radius 2 is 1.82 bits per heavy atom. The third kappa shape index (κ3) is 10.9. The molecule has 1 heterocycles. The van der Waals surface area contributed by atoms with Crippen LogP contribution >= 0.6 is 11.3 Å². The first-order chi connectivity index (χ1) is 15.9. The van der Waals surface area contributed by atoms with E-state index in [2.05, 4.69) is 55.4 Å². The number of carbonyl (C=O) groups is 2. The number of aliphatic hydroxyl groups is 1. The second-order valence-electron chi connectivity index (χ2n) is 9.70. The number of Topliss-reactive ketones (excluding diaryl/α,β-unsaturated/α-hetero) is 1. The van der Waals surface area contributed by atoms with Crippen molar-refractivity contribution in [2.45, 2.75) is 86.7 Å². The second-order valence-corrected chi connectivity index (χ2v) is 10.8. The lowest BCUT2D eigenvalue weighted by molar-refractivity contribution is -0.138. The lowest BCUT2D eigenvalue weighted by Gasteiger charge is -2.24. The number of carboxylic acid groups (broad SMARTS) is 1. The quantitative estimate of drug-likeness (QED) is 0.263. The van der Waals surface area contributed by atoms with Crippen molar-refractivity contribution in [2.75, 3.05) is 0 Å². The van der Waals surface area contributed by atoms with Crippen molar-refractivity contribution >= 4 is 29.2 Å². The molecule has 0 aliphatic carbocycles. The summed E-state index contributed by atoms with van der Waals surface area (Å²) < 4.78 is 0. The summed E-state index contributed by atoms with van der Waals surface area (Å²) in [6, 6.07) is 0. The van der Waals surface area contributed by atoms with Crippen molar-refractivity contribution < 1.29 is 19.8 Å². The Morgan fingerprint density at radius 1 is 1.15 bits per heavy atom. The van der Waals surface area contributed by atoms with E-state index in [9.17, 15) is 14.7 Å². The van der Waals surface area contributed by atoms with Crippen molar-refractivity contribution in [1.29, 1.82) is 0 Å². The Morgan fingerprint density at radius 3 is 2.38 bits per heavy atom. The standard InChI is InChI=1S/C28H43NO4S/c1-8-24(16-27(31)32)15-26(30)22(6)28(33)20(4)11-9-10-18(2)12-13-19(3)21(5)14-25-17-34-23(7)29-25/h9-10,12,14,17,19-20,22,24,28,33H,8,11,13,15-16H2,1-7H3,(H,31,32)/b10-9+,18-12-,21-14+/t19-,20-,22-,24+,28-/m0/s1. The van der Waals surface area contributed by atoms with Crippen molar-refractivity contribution in [3.05, 3.63) is 45.5 Å². The number of ketones is 1. The molecular weight excluding hydrogens is 446 g/mol. The molecule has 0 aromatic carbocycles. The number of hydrogen-bond acceptors (Lipinski definition) is 5. The van der Waals surface area contributed by atoms with Gasteiger partial charge in [0.2, 0.25) is 0 Å². The van der Waals surface area contributed by atoms with Crippen LogP contribution in [0.2, 0.25) is 0 Å². The van der Waals surface area contributed by atoms with Crippen LogP contribution in [0, 0.1) is 30.6 Å². The van der Waals surface area contributed by atoms with Crippen LogP contribution in [0.3, 0.4) is 0 Å². The molecule has 1 aromatic rings. The van der Waals surface area contributed by atoms with Gasteiger partial charge >= 0.3 is 5.97 Å². The van der Waals surface area contributed by atoms with E-state index in [0.717, 1.165) is 17.1 Å². The molecule has 34 heavy (non-hydrogen) atoms. The molecule has 0 amide bonds. The predicted molar refractivity (Wildman–Crippen MR) is 142 cm³/mol. The van der Waals surface area contributed by atoms with E-state index in [4.69, 9.17) is 5.11 Å². The van der Waals surface area contributed by atoms with Gasteiger partial charge in [0.05, 0.1) is 16.8 Å². The van der Waals surface area contributed by atoms with Crippen LogP contribution in [0.1, 0.15) is 84.3 Å². The summed E-state index contributed by atoms with van der Waals surface area (Å²) in [5, 5.41) is 22.8. The molecule has 190 valence electrons. The first-order valence-corrected chi connectivity index (χ1v) is 13.2. The highest BCUT2D eigenvalue weighted by atomic mass is 32.1. The van der Waals surface area contributed by atoms with Gasteiger partial charge in [0, 0.05) is 24.1 Å². The summed E-state index contributed by atoms with van der Waals surface area (Å²) in [5.41, 5.74) is 3.51. The van der Waals surface area contributed by atoms with Crippen LogP contribution in [-0.2, 0) is 9.59 Å². The first-order valence-electron chi connectivity index (χ1n) is 12.3. The van der Waals surface area contributed by atoms with E-state index in [-0.39, 0.29) is 30.5 Å². The van der Waals surface area contributed by atoms with Crippen molar-refractivity contribution in [3.8, 4) is 0 Å². The van der Waals surface area contributed by atoms with Crippen molar-refractivity contribution in [2.24, 2.45) is 23.7 Å². The SMILES string of the molecule is CC[C@@H](CC(=O)O)CC(=O)[C@H](C)[C@@H](O)[C@@H](C)C/C=C/C(C)=C\C[C@H](C)/C(C)=C/c1csc(C)n1. The molecule has 1 rings (SSSR count). The Hall–Kier alpha value is -2.05. The van der Waals surface area contributed by atoms with Gasteiger partial charge in [0.15, 0.2) is 0 Å². The molecule has 5 atom stereocenters. The molecule has 0 unspecified atom stereocenters. The fourth-order valence-corrected chi connectivity index (χ4v) is 4.38. The number of rotatable bonds is 15.